The summed E-state index contributed by atoms with van der Waals surface area (Å²) < 4.78 is 23.9. The molecule has 1 N–H and O–H groups in total. The number of thiophene rings is 1. The maximum atomic E-state index is 11.3. The Kier molecular flexibility index (Phi) is 4.52. The van der Waals surface area contributed by atoms with Gasteiger partial charge in [-0.3, -0.25) is 0 Å². The minimum Gasteiger partial charge on any atom is -0.306 e. The molecule has 0 spiro atoms. The van der Waals surface area contributed by atoms with Crippen molar-refractivity contribution in [2.75, 3.05) is 12.0 Å². The first-order chi connectivity index (χ1) is 9.28. The third-order valence-corrected chi connectivity index (χ3v) is 5.92. The Labute approximate surface area is 124 Å². The average molecular weight is 311 g/mol. The van der Waals surface area contributed by atoms with Crippen LogP contribution in [0.15, 0.2) is 24.3 Å². The van der Waals surface area contributed by atoms with Gasteiger partial charge < -0.3 is 5.32 Å². The van der Waals surface area contributed by atoms with Crippen molar-refractivity contribution < 1.29 is 8.42 Å². The summed E-state index contributed by atoms with van der Waals surface area (Å²) in [6.07, 6.45) is 1.28. The molecule has 5 heteroatoms. The van der Waals surface area contributed by atoms with Gasteiger partial charge in [0.05, 0.1) is 5.75 Å². The van der Waals surface area contributed by atoms with Crippen molar-refractivity contribution in [3.63, 3.8) is 0 Å². The molecular weight excluding hydrogens is 290 g/mol. The topological polar surface area (TPSA) is 46.2 Å². The minimum atomic E-state index is -2.95. The van der Waals surface area contributed by atoms with Crippen molar-refractivity contribution in [3.8, 4) is 0 Å². The molecule has 1 aromatic carbocycles. The molecule has 0 bridgehead atoms. The molecule has 0 saturated carbocycles. The molecule has 20 heavy (non-hydrogen) atoms. The Hall–Kier alpha value is -0.910. The second-order valence-corrected chi connectivity index (χ2v) is 8.74. The molecule has 110 valence electrons. The molecule has 0 saturated heterocycles. The third kappa shape index (κ3) is 3.59. The van der Waals surface area contributed by atoms with Gasteiger partial charge in [0.15, 0.2) is 0 Å². The minimum absolute atomic E-state index is 0.0513. The largest absolute Gasteiger partial charge is 0.306 e. The van der Waals surface area contributed by atoms with E-state index in [4.69, 9.17) is 0 Å². The van der Waals surface area contributed by atoms with E-state index in [0.29, 0.717) is 0 Å². The number of hydrogen-bond acceptors (Lipinski definition) is 4. The number of aryl methyl sites for hydroxylation is 1. The standard InChI is InChI=1S/C15H21NO2S2/c1-10(9-20(4,17)18)16-12(3)15-11(2)13-7-5-6-8-14(13)19-15/h5-8,10,12,16H,9H2,1-4H3. The predicted octanol–water partition coefficient (Wildman–Crippen LogP) is 3.29. The van der Waals surface area contributed by atoms with Gasteiger partial charge in [0.2, 0.25) is 0 Å². The van der Waals surface area contributed by atoms with Gasteiger partial charge in [0.1, 0.15) is 9.84 Å². The summed E-state index contributed by atoms with van der Waals surface area (Å²) in [6.45, 7) is 6.14. The van der Waals surface area contributed by atoms with E-state index in [9.17, 15) is 8.42 Å². The van der Waals surface area contributed by atoms with E-state index in [-0.39, 0.29) is 17.8 Å². The highest BCUT2D eigenvalue weighted by Gasteiger charge is 2.18. The van der Waals surface area contributed by atoms with Crippen LogP contribution in [-0.4, -0.2) is 26.5 Å². The summed E-state index contributed by atoms with van der Waals surface area (Å²) in [4.78, 5) is 1.28. The summed E-state index contributed by atoms with van der Waals surface area (Å²) in [6, 6.07) is 8.47. The summed E-state index contributed by atoms with van der Waals surface area (Å²) in [5, 5.41) is 4.67. The fourth-order valence-electron chi connectivity index (χ4n) is 2.61. The Morgan fingerprint density at radius 2 is 1.90 bits per heavy atom. The van der Waals surface area contributed by atoms with E-state index >= 15 is 0 Å². The van der Waals surface area contributed by atoms with E-state index in [1.54, 1.807) is 11.3 Å². The van der Waals surface area contributed by atoms with E-state index in [1.807, 2.05) is 13.0 Å². The molecule has 0 aliphatic heterocycles. The normalized spacial score (nSPS) is 15.4. The second-order valence-electron chi connectivity index (χ2n) is 5.47. The highest BCUT2D eigenvalue weighted by Crippen LogP contribution is 2.34. The molecule has 0 radical (unpaired) electrons. The van der Waals surface area contributed by atoms with Crippen molar-refractivity contribution in [3.05, 3.63) is 34.7 Å². The van der Waals surface area contributed by atoms with Gasteiger partial charge in [-0.25, -0.2) is 8.42 Å². The number of hydrogen-bond donors (Lipinski definition) is 1. The first kappa shape index (κ1) is 15.5. The van der Waals surface area contributed by atoms with Gasteiger partial charge in [0.25, 0.3) is 0 Å². The quantitative estimate of drug-likeness (QED) is 0.921. The number of rotatable bonds is 5. The molecule has 0 fully saturated rings. The molecule has 0 amide bonds. The SMILES string of the molecule is Cc1c(C(C)NC(C)CS(C)(=O)=O)sc2ccccc12. The van der Waals surface area contributed by atoms with Crippen molar-refractivity contribution >= 4 is 31.3 Å². The van der Waals surface area contributed by atoms with E-state index in [0.717, 1.165) is 0 Å². The van der Waals surface area contributed by atoms with Gasteiger partial charge in [-0.1, -0.05) is 18.2 Å². The molecule has 2 unspecified atom stereocenters. The maximum absolute atomic E-state index is 11.3. The lowest BCUT2D eigenvalue weighted by molar-refractivity contribution is 0.504. The Bertz CT molecular complexity index is 704. The smallest absolute Gasteiger partial charge is 0.148 e. The zero-order valence-electron chi connectivity index (χ0n) is 12.3. The van der Waals surface area contributed by atoms with Crippen LogP contribution in [0, 0.1) is 6.92 Å². The highest BCUT2D eigenvalue weighted by molar-refractivity contribution is 7.90. The Morgan fingerprint density at radius 1 is 1.25 bits per heavy atom. The van der Waals surface area contributed by atoms with Crippen LogP contribution in [-0.2, 0) is 9.84 Å². The van der Waals surface area contributed by atoms with Crippen LogP contribution >= 0.6 is 11.3 Å². The lowest BCUT2D eigenvalue weighted by atomic mass is 10.1. The lowest BCUT2D eigenvalue weighted by Gasteiger charge is -2.19. The molecule has 2 atom stereocenters. The number of sulfone groups is 1. The third-order valence-electron chi connectivity index (χ3n) is 3.36. The second kappa shape index (κ2) is 5.84. The average Bonchev–Trinajstić information content (AvgIpc) is 2.65. The maximum Gasteiger partial charge on any atom is 0.148 e. The van der Waals surface area contributed by atoms with Gasteiger partial charge in [-0.2, -0.15) is 0 Å². The Balaban J connectivity index is 2.19. The van der Waals surface area contributed by atoms with Crippen molar-refractivity contribution in [2.45, 2.75) is 32.9 Å². The zero-order valence-corrected chi connectivity index (χ0v) is 13.9. The molecule has 1 heterocycles. The van der Waals surface area contributed by atoms with Crippen LogP contribution < -0.4 is 5.32 Å². The first-order valence-corrected chi connectivity index (χ1v) is 9.57. The van der Waals surface area contributed by atoms with Crippen LogP contribution in [0.25, 0.3) is 10.1 Å². The summed E-state index contributed by atoms with van der Waals surface area (Å²) in [5.41, 5.74) is 1.29. The number of benzene rings is 1. The summed E-state index contributed by atoms with van der Waals surface area (Å²) in [5.74, 6) is 0.168. The molecular formula is C15H21NO2S2. The van der Waals surface area contributed by atoms with E-state index < -0.39 is 9.84 Å². The highest BCUT2D eigenvalue weighted by atomic mass is 32.2. The number of fused-ring (bicyclic) bond motifs is 1. The summed E-state index contributed by atoms with van der Waals surface area (Å²) >= 11 is 1.78. The zero-order chi connectivity index (χ0) is 14.9. The van der Waals surface area contributed by atoms with Crippen molar-refractivity contribution in [2.24, 2.45) is 0 Å². The molecule has 0 aliphatic carbocycles. The van der Waals surface area contributed by atoms with Crippen LogP contribution in [0.4, 0.5) is 0 Å². The number of nitrogens with one attached hydrogen (secondary N) is 1. The Morgan fingerprint density at radius 3 is 2.50 bits per heavy atom. The fraction of sp³-hybridized carbons (Fsp3) is 0.467. The fourth-order valence-corrected chi connectivity index (χ4v) is 4.84. The molecule has 2 aromatic rings. The molecule has 2 rings (SSSR count). The summed E-state index contributed by atoms with van der Waals surface area (Å²) in [7, 11) is -2.95. The predicted molar refractivity (Wildman–Crippen MR) is 87.3 cm³/mol. The van der Waals surface area contributed by atoms with Gasteiger partial charge in [-0.15, -0.1) is 11.3 Å². The lowest BCUT2D eigenvalue weighted by Crippen LogP contribution is -2.34. The van der Waals surface area contributed by atoms with Gasteiger partial charge in [0, 0.05) is 27.9 Å². The van der Waals surface area contributed by atoms with E-state index in [1.165, 1.54) is 26.8 Å². The van der Waals surface area contributed by atoms with Gasteiger partial charge >= 0.3 is 0 Å². The van der Waals surface area contributed by atoms with Gasteiger partial charge in [-0.05, 0) is 37.8 Å². The van der Waals surface area contributed by atoms with Crippen LogP contribution in [0.5, 0.6) is 0 Å². The van der Waals surface area contributed by atoms with Crippen molar-refractivity contribution in [1.29, 1.82) is 0 Å². The molecule has 1 aromatic heterocycles. The van der Waals surface area contributed by atoms with Crippen LogP contribution in [0.2, 0.25) is 0 Å². The van der Waals surface area contributed by atoms with E-state index in [2.05, 4.69) is 37.4 Å². The first-order valence-electron chi connectivity index (χ1n) is 6.69. The van der Waals surface area contributed by atoms with Crippen LogP contribution in [0.1, 0.15) is 30.3 Å². The van der Waals surface area contributed by atoms with Crippen molar-refractivity contribution in [1.82, 2.24) is 5.32 Å². The molecule has 0 aliphatic rings. The molecule has 3 nitrogen and oxygen atoms in total. The van der Waals surface area contributed by atoms with Crippen LogP contribution in [0.3, 0.4) is 0 Å². The monoisotopic (exact) mass is 311 g/mol.